The van der Waals surface area contributed by atoms with Gasteiger partial charge in [-0.3, -0.25) is 0 Å². The number of imidazole rings is 1. The van der Waals surface area contributed by atoms with Crippen molar-refractivity contribution in [1.82, 2.24) is 14.9 Å². The van der Waals surface area contributed by atoms with E-state index in [1.807, 2.05) is 0 Å². The number of alkyl halides is 4. The van der Waals surface area contributed by atoms with Crippen molar-refractivity contribution < 1.29 is 17.6 Å². The number of halogens is 4. The maximum atomic E-state index is 13.5. The van der Waals surface area contributed by atoms with E-state index in [0.717, 1.165) is 31.4 Å². The molecule has 0 unspecified atom stereocenters. The molecule has 0 saturated heterocycles. The largest absolute Gasteiger partial charge is 0.325 e. The summed E-state index contributed by atoms with van der Waals surface area (Å²) >= 11 is 0. The zero-order valence-electron chi connectivity index (χ0n) is 11.7. The van der Waals surface area contributed by atoms with E-state index in [-0.39, 0.29) is 5.92 Å². The number of hydrogen-bond acceptors (Lipinski definition) is 2. The molecule has 2 aliphatic rings. The maximum Gasteiger partial charge on any atom is 0.324 e. The van der Waals surface area contributed by atoms with Gasteiger partial charge in [0.25, 0.3) is 0 Å². The van der Waals surface area contributed by atoms with Crippen LogP contribution in [0, 0.1) is 0 Å². The van der Waals surface area contributed by atoms with Gasteiger partial charge in [0.2, 0.25) is 0 Å². The van der Waals surface area contributed by atoms with Crippen molar-refractivity contribution in [1.29, 1.82) is 0 Å². The average Bonchev–Trinajstić information content (AvgIpc) is 3.06. The molecular weight excluding hydrogens is 286 g/mol. The molecule has 3 nitrogen and oxygen atoms in total. The van der Waals surface area contributed by atoms with Crippen molar-refractivity contribution in [2.24, 2.45) is 0 Å². The van der Waals surface area contributed by atoms with Gasteiger partial charge >= 0.3 is 12.3 Å². The van der Waals surface area contributed by atoms with Gasteiger partial charge in [-0.2, -0.15) is 8.78 Å². The van der Waals surface area contributed by atoms with E-state index in [1.165, 1.54) is 4.57 Å². The molecule has 1 N–H and O–H groups in total. The van der Waals surface area contributed by atoms with E-state index in [9.17, 15) is 17.6 Å². The van der Waals surface area contributed by atoms with Crippen LogP contribution in [0.5, 0.6) is 0 Å². The third-order valence-electron chi connectivity index (χ3n) is 4.42. The number of nitrogens with zero attached hydrogens (tertiary/aromatic N) is 2. The van der Waals surface area contributed by atoms with Gasteiger partial charge in [0, 0.05) is 31.1 Å². The highest BCUT2D eigenvalue weighted by Gasteiger charge is 2.43. The number of aromatic nitrogens is 2. The van der Waals surface area contributed by atoms with Crippen LogP contribution in [0.1, 0.15) is 48.8 Å². The van der Waals surface area contributed by atoms with Crippen LogP contribution >= 0.6 is 0 Å². The molecule has 1 fully saturated rings. The van der Waals surface area contributed by atoms with Crippen molar-refractivity contribution in [3.05, 3.63) is 17.2 Å². The van der Waals surface area contributed by atoms with Gasteiger partial charge in [-0.25, -0.2) is 13.8 Å². The Morgan fingerprint density at radius 2 is 2.00 bits per heavy atom. The van der Waals surface area contributed by atoms with Crippen molar-refractivity contribution in [2.45, 2.75) is 63.5 Å². The lowest BCUT2D eigenvalue weighted by Crippen LogP contribution is -2.34. The van der Waals surface area contributed by atoms with Gasteiger partial charge in [-0.15, -0.1) is 0 Å². The van der Waals surface area contributed by atoms with Crippen molar-refractivity contribution in [2.75, 3.05) is 6.54 Å². The number of hydrogen-bond donors (Lipinski definition) is 1. The highest BCUT2D eigenvalue weighted by molar-refractivity contribution is 5.23. The van der Waals surface area contributed by atoms with Crippen LogP contribution in [-0.4, -0.2) is 28.4 Å². The molecule has 21 heavy (non-hydrogen) atoms. The average molecular weight is 305 g/mol. The Morgan fingerprint density at radius 1 is 1.29 bits per heavy atom. The fourth-order valence-electron chi connectivity index (χ4n) is 3.34. The zero-order valence-corrected chi connectivity index (χ0v) is 11.7. The summed E-state index contributed by atoms with van der Waals surface area (Å²) in [6, 6.07) is 0. The SMILES string of the molecule is FC(F)C(F)(F)Cn1c(C2CCCC2)nc2c1CCNC2. The van der Waals surface area contributed by atoms with E-state index in [0.29, 0.717) is 31.0 Å². The van der Waals surface area contributed by atoms with Gasteiger partial charge in [0.1, 0.15) is 5.82 Å². The predicted molar refractivity (Wildman–Crippen MR) is 69.8 cm³/mol. The Bertz CT molecular complexity index is 507. The number of nitrogens with one attached hydrogen (secondary N) is 1. The molecule has 1 aliphatic carbocycles. The summed E-state index contributed by atoms with van der Waals surface area (Å²) < 4.78 is 53.6. The summed E-state index contributed by atoms with van der Waals surface area (Å²) in [4.78, 5) is 4.50. The third kappa shape index (κ3) is 2.80. The fraction of sp³-hybridized carbons (Fsp3) is 0.786. The van der Waals surface area contributed by atoms with Gasteiger partial charge in [0.05, 0.1) is 12.2 Å². The lowest BCUT2D eigenvalue weighted by molar-refractivity contribution is -0.138. The van der Waals surface area contributed by atoms with E-state index < -0.39 is 18.9 Å². The van der Waals surface area contributed by atoms with E-state index in [4.69, 9.17) is 0 Å². The first-order chi connectivity index (χ1) is 9.99. The summed E-state index contributed by atoms with van der Waals surface area (Å²) in [5.74, 6) is -3.29. The Labute approximate surface area is 120 Å². The first-order valence-corrected chi connectivity index (χ1v) is 7.44. The molecule has 2 heterocycles. The lowest BCUT2D eigenvalue weighted by Gasteiger charge is -2.22. The molecule has 1 aromatic rings. The quantitative estimate of drug-likeness (QED) is 0.866. The normalized spacial score (nSPS) is 20.2. The van der Waals surface area contributed by atoms with E-state index in [1.54, 1.807) is 0 Å². The topological polar surface area (TPSA) is 29.9 Å². The van der Waals surface area contributed by atoms with E-state index in [2.05, 4.69) is 10.3 Å². The second-order valence-electron chi connectivity index (χ2n) is 5.92. The van der Waals surface area contributed by atoms with Crippen molar-refractivity contribution in [3.63, 3.8) is 0 Å². The Hall–Kier alpha value is -1.11. The molecule has 7 heteroatoms. The Morgan fingerprint density at radius 3 is 2.67 bits per heavy atom. The molecule has 118 valence electrons. The summed E-state index contributed by atoms with van der Waals surface area (Å²) in [6.45, 7) is 0.240. The van der Waals surface area contributed by atoms with Crippen LogP contribution in [0.3, 0.4) is 0 Å². The summed E-state index contributed by atoms with van der Waals surface area (Å²) in [7, 11) is 0. The molecule has 1 aromatic heterocycles. The van der Waals surface area contributed by atoms with Gasteiger partial charge < -0.3 is 9.88 Å². The van der Waals surface area contributed by atoms with Crippen LogP contribution in [0.4, 0.5) is 17.6 Å². The monoisotopic (exact) mass is 305 g/mol. The molecule has 0 atom stereocenters. The van der Waals surface area contributed by atoms with Crippen LogP contribution in [-0.2, 0) is 19.5 Å². The summed E-state index contributed by atoms with van der Waals surface area (Å²) in [6.07, 6.45) is 0.826. The molecule has 0 radical (unpaired) electrons. The maximum absolute atomic E-state index is 13.5. The zero-order chi connectivity index (χ0) is 15.0. The van der Waals surface area contributed by atoms with Crippen LogP contribution in [0.2, 0.25) is 0 Å². The molecule has 0 aromatic carbocycles. The van der Waals surface area contributed by atoms with Crippen LogP contribution in [0.25, 0.3) is 0 Å². The fourth-order valence-corrected chi connectivity index (χ4v) is 3.34. The van der Waals surface area contributed by atoms with Crippen LogP contribution in [0.15, 0.2) is 0 Å². The number of rotatable bonds is 4. The number of fused-ring (bicyclic) bond motifs is 1. The van der Waals surface area contributed by atoms with Gasteiger partial charge in [-0.1, -0.05) is 12.8 Å². The second kappa shape index (κ2) is 5.59. The predicted octanol–water partition coefficient (Wildman–Crippen LogP) is 3.09. The minimum Gasteiger partial charge on any atom is -0.325 e. The molecule has 3 rings (SSSR count). The standard InChI is InChI=1S/C14H19F4N3/c15-13(16)14(17,18)8-21-11-5-6-19-7-10(11)20-12(21)9-3-1-2-4-9/h9,13,19H,1-8H2. The third-order valence-corrected chi connectivity index (χ3v) is 4.42. The van der Waals surface area contributed by atoms with E-state index >= 15 is 0 Å². The van der Waals surface area contributed by atoms with Crippen LogP contribution < -0.4 is 5.32 Å². The lowest BCUT2D eigenvalue weighted by atomic mass is 10.1. The Kier molecular flexibility index (Phi) is 3.94. The summed E-state index contributed by atoms with van der Waals surface area (Å²) in [5.41, 5.74) is 1.45. The minimum atomic E-state index is -4.01. The first kappa shape index (κ1) is 14.8. The smallest absolute Gasteiger partial charge is 0.324 e. The second-order valence-corrected chi connectivity index (χ2v) is 5.92. The van der Waals surface area contributed by atoms with Crippen molar-refractivity contribution in [3.8, 4) is 0 Å². The molecule has 0 spiro atoms. The highest BCUT2D eigenvalue weighted by Crippen LogP contribution is 2.37. The molecular formula is C14H19F4N3. The minimum absolute atomic E-state index is 0.129. The Balaban J connectivity index is 1.97. The van der Waals surface area contributed by atoms with Crippen molar-refractivity contribution >= 4 is 0 Å². The molecule has 0 amide bonds. The molecule has 0 bridgehead atoms. The van der Waals surface area contributed by atoms with Gasteiger partial charge in [0.15, 0.2) is 0 Å². The summed E-state index contributed by atoms with van der Waals surface area (Å²) in [5, 5.41) is 3.15. The highest BCUT2D eigenvalue weighted by atomic mass is 19.3. The molecule has 1 saturated carbocycles. The first-order valence-electron chi connectivity index (χ1n) is 7.44. The van der Waals surface area contributed by atoms with Gasteiger partial charge in [-0.05, 0) is 12.8 Å². The molecule has 1 aliphatic heterocycles.